The van der Waals surface area contributed by atoms with Gasteiger partial charge in [-0.1, -0.05) is 6.92 Å². The monoisotopic (exact) mass is 314 g/mol. The molecule has 10 heteroatoms. The molecule has 1 aromatic carbocycles. The number of H-pyrrole nitrogens is 1. The third-order valence-electron chi connectivity index (χ3n) is 2.67. The Bertz CT molecular complexity index is 787. The van der Waals surface area contributed by atoms with Crippen molar-refractivity contribution in [2.45, 2.75) is 18.2 Å². The normalized spacial score (nSPS) is 11.3. The lowest BCUT2D eigenvalue weighted by molar-refractivity contribution is -0.385. The van der Waals surface area contributed by atoms with Crippen molar-refractivity contribution in [3.05, 3.63) is 45.9 Å². The van der Waals surface area contributed by atoms with E-state index >= 15 is 0 Å². The Balaban J connectivity index is 2.33. The fourth-order valence-electron chi connectivity index (χ4n) is 1.61. The van der Waals surface area contributed by atoms with E-state index in [2.05, 4.69) is 14.9 Å². The molecule has 0 amide bonds. The Hall–Kier alpha value is -2.49. The van der Waals surface area contributed by atoms with Gasteiger partial charge >= 0.3 is 0 Å². The van der Waals surface area contributed by atoms with Gasteiger partial charge in [-0.25, -0.2) is 12.8 Å². The summed E-state index contributed by atoms with van der Waals surface area (Å²) in [5.74, 6) is -1.19. The minimum atomic E-state index is -4.21. The molecule has 8 nitrogen and oxygen atoms in total. The Morgan fingerprint density at radius 2 is 2.14 bits per heavy atom. The molecule has 0 aliphatic carbocycles. The van der Waals surface area contributed by atoms with Crippen LogP contribution < -0.4 is 4.72 Å². The third-order valence-corrected chi connectivity index (χ3v) is 4.05. The number of rotatable bonds is 5. The largest absolute Gasteiger partial charge is 0.280 e. The summed E-state index contributed by atoms with van der Waals surface area (Å²) in [7, 11) is -4.21. The van der Waals surface area contributed by atoms with Gasteiger partial charge in [0.15, 0.2) is 11.6 Å². The van der Waals surface area contributed by atoms with Crippen molar-refractivity contribution in [3.63, 3.8) is 0 Å². The summed E-state index contributed by atoms with van der Waals surface area (Å²) in [5, 5.41) is 16.8. The molecule has 0 fully saturated rings. The molecule has 0 aliphatic rings. The number of anilines is 1. The fraction of sp³-hybridized carbons (Fsp3) is 0.182. The first-order valence-corrected chi connectivity index (χ1v) is 7.33. The molecule has 112 valence electrons. The fourth-order valence-corrected chi connectivity index (χ4v) is 2.66. The number of nitro groups is 1. The first-order chi connectivity index (χ1) is 9.83. The second-order valence-corrected chi connectivity index (χ2v) is 5.76. The Kier molecular flexibility index (Phi) is 3.89. The number of aryl methyl sites for hydroxylation is 1. The van der Waals surface area contributed by atoms with Gasteiger partial charge in [0, 0.05) is 17.8 Å². The minimum Gasteiger partial charge on any atom is -0.280 e. The Morgan fingerprint density at radius 1 is 1.43 bits per heavy atom. The molecule has 0 radical (unpaired) electrons. The lowest BCUT2D eigenvalue weighted by atomic mass is 10.3. The summed E-state index contributed by atoms with van der Waals surface area (Å²) in [4.78, 5) is 9.00. The van der Waals surface area contributed by atoms with Crippen LogP contribution in [0.15, 0.2) is 29.2 Å². The summed E-state index contributed by atoms with van der Waals surface area (Å²) in [6, 6.07) is 3.78. The molecule has 2 rings (SSSR count). The predicted molar refractivity (Wildman–Crippen MR) is 71.8 cm³/mol. The summed E-state index contributed by atoms with van der Waals surface area (Å²) in [6.07, 6.45) is 0.626. The zero-order valence-electron chi connectivity index (χ0n) is 10.8. The van der Waals surface area contributed by atoms with Crippen LogP contribution in [0.3, 0.4) is 0 Å². The number of nitrogens with zero attached hydrogens (tertiary/aromatic N) is 2. The van der Waals surface area contributed by atoms with Gasteiger partial charge < -0.3 is 0 Å². The van der Waals surface area contributed by atoms with Gasteiger partial charge in [-0.15, -0.1) is 0 Å². The number of sulfonamides is 1. The van der Waals surface area contributed by atoms with Crippen molar-refractivity contribution < 1.29 is 17.7 Å². The smallest absolute Gasteiger partial charge is 0.272 e. The van der Waals surface area contributed by atoms with Gasteiger partial charge in [0.25, 0.3) is 15.7 Å². The van der Waals surface area contributed by atoms with Crippen LogP contribution in [0.5, 0.6) is 0 Å². The first kappa shape index (κ1) is 14.9. The molecule has 2 N–H and O–H groups in total. The third kappa shape index (κ3) is 3.16. The molecule has 2 aromatic rings. The lowest BCUT2D eigenvalue weighted by Crippen LogP contribution is -2.15. The number of non-ortho nitro benzene ring substituents is 1. The van der Waals surface area contributed by atoms with Crippen molar-refractivity contribution in [1.29, 1.82) is 0 Å². The van der Waals surface area contributed by atoms with Crippen LogP contribution in [-0.4, -0.2) is 23.5 Å². The number of nitrogens with one attached hydrogen (secondary N) is 2. The highest BCUT2D eigenvalue weighted by Gasteiger charge is 2.22. The van der Waals surface area contributed by atoms with Crippen LogP contribution in [0.25, 0.3) is 0 Å². The molecule has 0 spiro atoms. The molecule has 0 bridgehead atoms. The van der Waals surface area contributed by atoms with Gasteiger partial charge in [-0.2, -0.15) is 5.10 Å². The Labute approximate surface area is 119 Å². The quantitative estimate of drug-likeness (QED) is 0.644. The summed E-state index contributed by atoms with van der Waals surface area (Å²) >= 11 is 0. The topological polar surface area (TPSA) is 118 Å². The van der Waals surface area contributed by atoms with E-state index in [-0.39, 0.29) is 5.82 Å². The van der Waals surface area contributed by atoms with Gasteiger partial charge in [0.05, 0.1) is 11.0 Å². The van der Waals surface area contributed by atoms with Crippen LogP contribution in [-0.2, 0) is 16.4 Å². The summed E-state index contributed by atoms with van der Waals surface area (Å²) in [5.41, 5.74) is 0.177. The molecule has 0 saturated carbocycles. The van der Waals surface area contributed by atoms with Crippen molar-refractivity contribution in [2.75, 3.05) is 4.72 Å². The number of aromatic amines is 1. The predicted octanol–water partition coefficient (Wildman–Crippen LogP) is 1.82. The van der Waals surface area contributed by atoms with E-state index in [1.807, 2.05) is 6.92 Å². The SMILES string of the molecule is CCc1cc(NS(=O)(=O)c2ccc([N+](=O)[O-])cc2F)n[nH]1. The molecule has 21 heavy (non-hydrogen) atoms. The van der Waals surface area contributed by atoms with Gasteiger partial charge in [-0.3, -0.25) is 19.9 Å². The molecule has 0 atom stereocenters. The average Bonchev–Trinajstić information content (AvgIpc) is 2.85. The zero-order valence-corrected chi connectivity index (χ0v) is 11.6. The van der Waals surface area contributed by atoms with Crippen LogP contribution in [0.4, 0.5) is 15.9 Å². The van der Waals surface area contributed by atoms with Gasteiger partial charge in [0.1, 0.15) is 4.90 Å². The maximum atomic E-state index is 13.7. The van der Waals surface area contributed by atoms with Crippen LogP contribution in [0.2, 0.25) is 0 Å². The molecule has 0 unspecified atom stereocenters. The molecule has 0 aliphatic heterocycles. The van der Waals surface area contributed by atoms with Crippen molar-refractivity contribution in [1.82, 2.24) is 10.2 Å². The van der Waals surface area contributed by atoms with E-state index < -0.39 is 31.3 Å². The highest BCUT2D eigenvalue weighted by molar-refractivity contribution is 7.92. The van der Waals surface area contributed by atoms with Crippen molar-refractivity contribution >= 4 is 21.5 Å². The second-order valence-electron chi connectivity index (χ2n) is 4.11. The second kappa shape index (κ2) is 5.48. The van der Waals surface area contributed by atoms with Crippen molar-refractivity contribution in [2.24, 2.45) is 0 Å². The van der Waals surface area contributed by atoms with E-state index in [4.69, 9.17) is 0 Å². The highest BCUT2D eigenvalue weighted by Crippen LogP contribution is 2.22. The first-order valence-electron chi connectivity index (χ1n) is 5.84. The number of hydrogen-bond acceptors (Lipinski definition) is 5. The van der Waals surface area contributed by atoms with E-state index in [9.17, 15) is 22.9 Å². The van der Waals surface area contributed by atoms with E-state index in [1.54, 1.807) is 0 Å². The van der Waals surface area contributed by atoms with E-state index in [1.165, 1.54) is 6.07 Å². The van der Waals surface area contributed by atoms with E-state index in [0.29, 0.717) is 18.2 Å². The molecular formula is C11H11FN4O4S. The lowest BCUT2D eigenvalue weighted by Gasteiger charge is -2.06. The summed E-state index contributed by atoms with van der Waals surface area (Å²) in [6.45, 7) is 1.85. The van der Waals surface area contributed by atoms with E-state index in [0.717, 1.165) is 12.1 Å². The van der Waals surface area contributed by atoms with Crippen LogP contribution in [0.1, 0.15) is 12.6 Å². The number of nitro benzene ring substituents is 1. The van der Waals surface area contributed by atoms with Crippen LogP contribution in [0, 0.1) is 15.9 Å². The molecular weight excluding hydrogens is 303 g/mol. The average molecular weight is 314 g/mol. The highest BCUT2D eigenvalue weighted by atomic mass is 32.2. The van der Waals surface area contributed by atoms with Crippen molar-refractivity contribution in [3.8, 4) is 0 Å². The Morgan fingerprint density at radius 3 is 2.67 bits per heavy atom. The summed E-state index contributed by atoms with van der Waals surface area (Å²) < 4.78 is 39.9. The standard InChI is InChI=1S/C11H11FN4O4S/c1-2-7-5-11(14-13-7)15-21(19,20)10-4-3-8(16(17)18)6-9(10)12/h3-6H,2H2,1H3,(H2,13,14,15). The maximum absolute atomic E-state index is 13.7. The molecule has 0 saturated heterocycles. The number of aromatic nitrogens is 2. The van der Waals surface area contributed by atoms with Gasteiger partial charge in [0.2, 0.25) is 0 Å². The minimum absolute atomic E-state index is 0.0182. The number of hydrogen-bond donors (Lipinski definition) is 2. The number of halogens is 1. The van der Waals surface area contributed by atoms with Crippen LogP contribution >= 0.6 is 0 Å². The molecule has 1 heterocycles. The number of benzene rings is 1. The molecule has 1 aromatic heterocycles. The van der Waals surface area contributed by atoms with Gasteiger partial charge in [-0.05, 0) is 12.5 Å². The maximum Gasteiger partial charge on any atom is 0.272 e. The zero-order chi connectivity index (χ0) is 15.6.